The highest BCUT2D eigenvalue weighted by molar-refractivity contribution is 8.00. The molecule has 2 fully saturated rings. The molecule has 0 radical (unpaired) electrons. The SMILES string of the molecule is O=C(CCCC[C@@H]1SC[C@@H]2NC(=O)N[C@@H]21)NCCS(=O)(=O)O. The highest BCUT2D eigenvalue weighted by Crippen LogP contribution is 2.33. The second-order valence-electron chi connectivity index (χ2n) is 5.50. The third-order valence-corrected chi connectivity index (χ3v) is 5.99. The van der Waals surface area contributed by atoms with E-state index in [1.807, 2.05) is 11.8 Å². The molecule has 0 spiro atoms. The minimum absolute atomic E-state index is 0.0718. The van der Waals surface area contributed by atoms with Crippen LogP contribution in [0.4, 0.5) is 4.79 Å². The molecular formula is C12H21N3O5S2. The summed E-state index contributed by atoms with van der Waals surface area (Å²) in [4.78, 5) is 22.7. The molecule has 0 aromatic rings. The standard InChI is InChI=1S/C12H21N3O5S2/c16-10(13-5-6-22(18,19)20)4-2-1-3-9-11-8(7-21-9)14-12(17)15-11/h8-9,11H,1-7H2,(H,13,16)(H2,14,15,17)(H,18,19,20)/t8-,9-,11-/m0/s1. The summed E-state index contributed by atoms with van der Waals surface area (Å²) in [7, 11) is -4.03. The first-order valence-electron chi connectivity index (χ1n) is 7.25. The monoisotopic (exact) mass is 351 g/mol. The summed E-state index contributed by atoms with van der Waals surface area (Å²) in [6, 6.07) is 0.297. The fraction of sp³-hybridized carbons (Fsp3) is 0.833. The van der Waals surface area contributed by atoms with Crippen LogP contribution in [-0.2, 0) is 14.9 Å². The molecule has 22 heavy (non-hydrogen) atoms. The quantitative estimate of drug-likeness (QED) is 0.271. The zero-order chi connectivity index (χ0) is 16.2. The topological polar surface area (TPSA) is 125 Å². The Morgan fingerprint density at radius 1 is 1.36 bits per heavy atom. The molecule has 4 N–H and O–H groups in total. The van der Waals surface area contributed by atoms with E-state index in [2.05, 4.69) is 16.0 Å². The first-order valence-corrected chi connectivity index (χ1v) is 9.91. The summed E-state index contributed by atoms with van der Waals surface area (Å²) in [6.07, 6.45) is 2.86. The van der Waals surface area contributed by atoms with Gasteiger partial charge in [0, 0.05) is 24.0 Å². The molecule has 2 aliphatic heterocycles. The molecule has 0 aromatic carbocycles. The van der Waals surface area contributed by atoms with Gasteiger partial charge in [0.25, 0.3) is 10.1 Å². The molecule has 126 valence electrons. The van der Waals surface area contributed by atoms with Crippen molar-refractivity contribution in [2.24, 2.45) is 0 Å². The molecule has 0 bridgehead atoms. The van der Waals surface area contributed by atoms with Crippen LogP contribution in [0.1, 0.15) is 25.7 Å². The largest absolute Gasteiger partial charge is 0.355 e. The fourth-order valence-electron chi connectivity index (χ4n) is 2.68. The zero-order valence-electron chi connectivity index (χ0n) is 12.1. The zero-order valence-corrected chi connectivity index (χ0v) is 13.7. The third kappa shape index (κ3) is 5.33. The summed E-state index contributed by atoms with van der Waals surface area (Å²) in [5, 5.41) is 8.65. The second kappa shape index (κ2) is 7.51. The van der Waals surface area contributed by atoms with Crippen molar-refractivity contribution in [2.75, 3.05) is 18.1 Å². The Hall–Kier alpha value is -1.00. The number of thioether (sulfide) groups is 1. The minimum Gasteiger partial charge on any atom is -0.355 e. The molecule has 2 rings (SSSR count). The van der Waals surface area contributed by atoms with Gasteiger partial charge in [0.15, 0.2) is 0 Å². The van der Waals surface area contributed by atoms with E-state index in [-0.39, 0.29) is 30.6 Å². The van der Waals surface area contributed by atoms with Gasteiger partial charge in [0.1, 0.15) is 0 Å². The van der Waals surface area contributed by atoms with Crippen LogP contribution in [0.3, 0.4) is 0 Å². The molecule has 8 nitrogen and oxygen atoms in total. The van der Waals surface area contributed by atoms with Crippen molar-refractivity contribution < 1.29 is 22.6 Å². The van der Waals surface area contributed by atoms with E-state index in [1.165, 1.54) is 0 Å². The number of carbonyl (C=O) groups excluding carboxylic acids is 2. The van der Waals surface area contributed by atoms with Crippen LogP contribution < -0.4 is 16.0 Å². The van der Waals surface area contributed by atoms with Gasteiger partial charge >= 0.3 is 6.03 Å². The number of nitrogens with one attached hydrogen (secondary N) is 3. The predicted octanol–water partition coefficient (Wildman–Crippen LogP) is -0.284. The lowest BCUT2D eigenvalue weighted by molar-refractivity contribution is -0.121. The Labute approximate surface area is 133 Å². The van der Waals surface area contributed by atoms with Crippen molar-refractivity contribution in [3.63, 3.8) is 0 Å². The van der Waals surface area contributed by atoms with Gasteiger partial charge in [0.05, 0.1) is 17.8 Å². The maximum absolute atomic E-state index is 11.5. The average Bonchev–Trinajstić information content (AvgIpc) is 2.93. The Kier molecular flexibility index (Phi) is 5.93. The summed E-state index contributed by atoms with van der Waals surface area (Å²) in [5.74, 6) is 0.244. The summed E-state index contributed by atoms with van der Waals surface area (Å²) >= 11 is 1.84. The van der Waals surface area contributed by atoms with Crippen molar-refractivity contribution in [3.05, 3.63) is 0 Å². The number of hydrogen-bond acceptors (Lipinski definition) is 5. The van der Waals surface area contributed by atoms with Crippen LogP contribution >= 0.6 is 11.8 Å². The predicted molar refractivity (Wildman–Crippen MR) is 83.4 cm³/mol. The Morgan fingerprint density at radius 2 is 2.14 bits per heavy atom. The molecule has 0 saturated carbocycles. The van der Waals surface area contributed by atoms with E-state index >= 15 is 0 Å². The van der Waals surface area contributed by atoms with Crippen LogP contribution in [0.25, 0.3) is 0 Å². The van der Waals surface area contributed by atoms with Gasteiger partial charge in [-0.25, -0.2) is 4.79 Å². The Balaban J connectivity index is 1.56. The van der Waals surface area contributed by atoms with Crippen molar-refractivity contribution >= 4 is 33.8 Å². The normalized spacial score (nSPS) is 27.1. The fourth-order valence-corrected chi connectivity index (χ4v) is 4.59. The minimum atomic E-state index is -4.03. The van der Waals surface area contributed by atoms with Crippen LogP contribution in [0, 0.1) is 0 Å². The Morgan fingerprint density at radius 3 is 2.86 bits per heavy atom. The van der Waals surface area contributed by atoms with E-state index < -0.39 is 15.9 Å². The first-order chi connectivity index (χ1) is 10.3. The van der Waals surface area contributed by atoms with Crippen molar-refractivity contribution in [2.45, 2.75) is 43.0 Å². The molecule has 3 atom stereocenters. The van der Waals surface area contributed by atoms with Gasteiger partial charge in [-0.1, -0.05) is 6.42 Å². The summed E-state index contributed by atoms with van der Waals surface area (Å²) < 4.78 is 29.5. The number of hydrogen-bond donors (Lipinski definition) is 4. The van der Waals surface area contributed by atoms with Crippen LogP contribution in [0.2, 0.25) is 0 Å². The number of amides is 3. The molecular weight excluding hydrogens is 330 g/mol. The Bertz CT molecular complexity index is 525. The third-order valence-electron chi connectivity index (χ3n) is 3.76. The molecule has 2 heterocycles. The van der Waals surface area contributed by atoms with Gasteiger partial charge < -0.3 is 16.0 Å². The van der Waals surface area contributed by atoms with E-state index in [1.54, 1.807) is 0 Å². The molecule has 0 aromatic heterocycles. The molecule has 0 unspecified atom stereocenters. The highest BCUT2D eigenvalue weighted by atomic mass is 32.2. The second-order valence-corrected chi connectivity index (χ2v) is 8.35. The van der Waals surface area contributed by atoms with Gasteiger partial charge in [-0.05, 0) is 12.8 Å². The maximum atomic E-state index is 11.5. The van der Waals surface area contributed by atoms with Crippen LogP contribution in [0.5, 0.6) is 0 Å². The number of carbonyl (C=O) groups is 2. The van der Waals surface area contributed by atoms with Crippen LogP contribution in [-0.4, -0.2) is 60.3 Å². The number of fused-ring (bicyclic) bond motifs is 1. The molecule has 0 aliphatic carbocycles. The molecule has 2 aliphatic rings. The van der Waals surface area contributed by atoms with Gasteiger partial charge in [-0.2, -0.15) is 20.2 Å². The molecule has 3 amide bonds. The number of urea groups is 1. The first kappa shape index (κ1) is 17.4. The van der Waals surface area contributed by atoms with Crippen LogP contribution in [0.15, 0.2) is 0 Å². The van der Waals surface area contributed by atoms with Crippen molar-refractivity contribution in [3.8, 4) is 0 Å². The number of unbranched alkanes of at least 4 members (excludes halogenated alkanes) is 1. The van der Waals surface area contributed by atoms with Crippen molar-refractivity contribution in [1.29, 1.82) is 0 Å². The van der Waals surface area contributed by atoms with Gasteiger partial charge in [-0.15, -0.1) is 0 Å². The van der Waals surface area contributed by atoms with Gasteiger partial charge in [0.2, 0.25) is 5.91 Å². The van der Waals surface area contributed by atoms with E-state index in [9.17, 15) is 18.0 Å². The van der Waals surface area contributed by atoms with E-state index in [4.69, 9.17) is 4.55 Å². The van der Waals surface area contributed by atoms with E-state index in [0.29, 0.717) is 18.1 Å². The summed E-state index contributed by atoms with van der Waals surface area (Å²) in [6.45, 7) is -0.0718. The summed E-state index contributed by atoms with van der Waals surface area (Å²) in [5.41, 5.74) is 0. The van der Waals surface area contributed by atoms with Gasteiger partial charge in [-0.3, -0.25) is 9.35 Å². The van der Waals surface area contributed by atoms with E-state index in [0.717, 1.165) is 18.6 Å². The smallest absolute Gasteiger partial charge is 0.315 e. The average molecular weight is 351 g/mol. The lowest BCUT2D eigenvalue weighted by Crippen LogP contribution is -2.36. The molecule has 10 heteroatoms. The highest BCUT2D eigenvalue weighted by Gasteiger charge is 2.42. The lowest BCUT2D eigenvalue weighted by atomic mass is 10.0. The lowest BCUT2D eigenvalue weighted by Gasteiger charge is -2.16. The number of rotatable bonds is 8. The van der Waals surface area contributed by atoms with Crippen molar-refractivity contribution in [1.82, 2.24) is 16.0 Å². The maximum Gasteiger partial charge on any atom is 0.315 e. The molecule has 2 saturated heterocycles.